The Hall–Kier alpha value is -2.89. The molecule has 0 aromatic rings. The first-order chi connectivity index (χ1) is 49.8. The van der Waals surface area contributed by atoms with Gasteiger partial charge < -0.3 is 168 Å². The number of hydrogen-bond donors (Lipinski definition) is 19. The monoisotopic (exact) mass is 1530 g/mol. The molecule has 0 aromatic heterocycles. The summed E-state index contributed by atoms with van der Waals surface area (Å²) in [6.45, 7) is 12.5. The van der Waals surface area contributed by atoms with Gasteiger partial charge in [0.2, 0.25) is 6.29 Å². The molecule has 7 heterocycles. The van der Waals surface area contributed by atoms with E-state index in [0.717, 1.165) is 11.9 Å². The van der Waals surface area contributed by atoms with E-state index in [1.54, 1.807) is 6.92 Å². The van der Waals surface area contributed by atoms with Crippen LogP contribution >= 0.6 is 0 Å². The Kier molecular flexibility index (Phi) is 24.3. The van der Waals surface area contributed by atoms with Crippen molar-refractivity contribution in [3.05, 3.63) is 11.6 Å². The lowest BCUT2D eigenvalue weighted by molar-refractivity contribution is -0.399. The molecule has 11 fully saturated rings. The number of esters is 1. The first-order valence-corrected chi connectivity index (χ1v) is 36.9. The zero-order chi connectivity index (χ0) is 77.3. The summed E-state index contributed by atoms with van der Waals surface area (Å²) in [5.41, 5.74) is -3.57. The van der Waals surface area contributed by atoms with Crippen LogP contribution in [0.1, 0.15) is 120 Å². The van der Waals surface area contributed by atoms with Gasteiger partial charge in [-0.3, -0.25) is 4.79 Å². The third-order valence-corrected chi connectivity index (χ3v) is 26.8. The summed E-state index contributed by atoms with van der Waals surface area (Å²) in [5.74, 6) is -3.37. The molecule has 12 rings (SSSR count). The standard InChI is InChI=1S/C70H110O36/c1-25-36(76)40(80)44(84)58(95-25)101-51-30(75)23-94-63(55(51)105-61-49(89)53(103-60-46(86)42(82)39(79)32(21-72)98-60)50(26(2)96-61)100-57-43(83)37(77)29(74)22-93-57)106-64(92)70-17-15-65(3,4)19-28(70)27-9-10-34-66(5)13-12-35(67(6,24-73)33(66)11-14-69(34,8)68(27,7)16-18-70)99-62-48(88)52(47(87)54(104-62)56(90)91)102-59-45(85)41(81)38(78)31(20-71)97-59/h9,24-26,28-55,57-63,71-72,74-89H,10-23H2,1-8H3,(H,90,91)/t25-,26+,28+,29-,30+,31-,32-,33-,34-,35+,36+,37+,38+,39-,40+,41+,42+,43-,44-,45-,46-,47+,48-,49-,50+,51+,52+,53+,54+,55-,57+,58+,59+,60+,61+,62-,63+,66+,67+,68-,69-,70+/m1/s1. The largest absolute Gasteiger partial charge is 0.479 e. The molecule has 106 heavy (non-hydrogen) atoms. The topological polar surface area (TPSA) is 565 Å². The van der Waals surface area contributed by atoms with Gasteiger partial charge in [0.1, 0.15) is 141 Å². The van der Waals surface area contributed by atoms with Crippen molar-refractivity contribution in [1.29, 1.82) is 0 Å². The number of carboxylic acid groups (broad SMARTS) is 1. The van der Waals surface area contributed by atoms with E-state index in [-0.39, 0.29) is 30.1 Å². The second-order valence-corrected chi connectivity index (χ2v) is 33.5. The van der Waals surface area contributed by atoms with E-state index in [0.29, 0.717) is 51.4 Å². The van der Waals surface area contributed by atoms with Crippen LogP contribution in [0.2, 0.25) is 0 Å². The highest BCUT2D eigenvalue weighted by molar-refractivity contribution is 5.79. The number of aliphatic hydroxyl groups excluding tert-OH is 18. The summed E-state index contributed by atoms with van der Waals surface area (Å²) in [7, 11) is 0. The average Bonchev–Trinajstić information content (AvgIpc) is 0.673. The highest BCUT2D eigenvalue weighted by Gasteiger charge is 2.72. The van der Waals surface area contributed by atoms with Crippen molar-refractivity contribution in [1.82, 2.24) is 0 Å². The van der Waals surface area contributed by atoms with E-state index < -0.39 is 280 Å². The minimum atomic E-state index is -2.17. The molecule has 0 amide bonds. The molecule has 4 saturated carbocycles. The maximum atomic E-state index is 16.1. The molecular weight excluding hydrogens is 1420 g/mol. The number of carbonyl (C=O) groups excluding carboxylic acids is 2. The SMILES string of the molecule is C[C@@H]1O[C@@H](O[C@H]2[C@H](OC(=O)[C@]34CCC(C)(C)C[C@H]3C3=CC[C@@H]5[C@@]6(C)CC[C@H](O[C@@H]7O[C@H](C(=O)O)[C@@H](O)[C@H](O[C@@H]8O[C@H](CO)[C@H](O)[C@H](O)[C@H]8O)[C@H]7O)[C@@](C)(C=O)[C@@H]6CC[C@@]5(C)[C@]3(C)CC4)OC[C@H](O)[C@@H]2O[C@@H]2O[C@H](C)[C@H](O)[C@H](O)[C@H]2O)[C@H](O)[C@H](O[C@@H]2O[C@H](CO)[C@@H](O)[C@H](O)[C@H]2O)[C@H]1O[C@@H]1OC[C@@H](O)[C@H](O)[C@H]1O. The van der Waals surface area contributed by atoms with Gasteiger partial charge in [-0.1, -0.05) is 53.2 Å². The Morgan fingerprint density at radius 1 is 0.481 bits per heavy atom. The van der Waals surface area contributed by atoms with Crippen LogP contribution in [0.25, 0.3) is 0 Å². The van der Waals surface area contributed by atoms with Gasteiger partial charge in [0.25, 0.3) is 0 Å². The number of carbonyl (C=O) groups is 3. The second-order valence-electron chi connectivity index (χ2n) is 33.5. The number of aldehydes is 1. The van der Waals surface area contributed by atoms with Crippen molar-refractivity contribution < 1.29 is 178 Å². The molecule has 5 aliphatic carbocycles. The highest BCUT2D eigenvalue weighted by atomic mass is 16.8. The number of aliphatic hydroxyl groups is 18. The molecule has 0 unspecified atom stereocenters. The Morgan fingerprint density at radius 3 is 1.60 bits per heavy atom. The van der Waals surface area contributed by atoms with Gasteiger partial charge in [-0.05, 0) is 117 Å². The molecule has 0 bridgehead atoms. The summed E-state index contributed by atoms with van der Waals surface area (Å²) < 4.78 is 85.0. The summed E-state index contributed by atoms with van der Waals surface area (Å²) in [6.07, 6.45) is -53.9. The number of hydrogen-bond acceptors (Lipinski definition) is 35. The van der Waals surface area contributed by atoms with Crippen LogP contribution in [0, 0.1) is 50.2 Å². The third kappa shape index (κ3) is 14.2. The van der Waals surface area contributed by atoms with Crippen molar-refractivity contribution in [2.24, 2.45) is 50.2 Å². The molecule has 19 N–H and O–H groups in total. The Morgan fingerprint density at radius 2 is 0.991 bits per heavy atom. The number of allylic oxidation sites excluding steroid dienone is 2. The normalized spacial score (nSPS) is 54.7. The van der Waals surface area contributed by atoms with Gasteiger partial charge in [0, 0.05) is 0 Å². The lowest BCUT2D eigenvalue weighted by atomic mass is 9.33. The van der Waals surface area contributed by atoms with Gasteiger partial charge >= 0.3 is 11.9 Å². The van der Waals surface area contributed by atoms with E-state index >= 15 is 4.79 Å². The second kappa shape index (κ2) is 31.1. The summed E-state index contributed by atoms with van der Waals surface area (Å²) in [4.78, 5) is 42.8. The molecule has 7 saturated heterocycles. The molecule has 36 heteroatoms. The van der Waals surface area contributed by atoms with Crippen LogP contribution in [0.3, 0.4) is 0 Å². The number of rotatable bonds is 18. The molecule has 0 aromatic carbocycles. The lowest BCUT2D eigenvalue weighted by Gasteiger charge is -2.71. The number of aliphatic carboxylic acids is 1. The summed E-state index contributed by atoms with van der Waals surface area (Å²) in [6, 6.07) is 0. The fourth-order valence-corrected chi connectivity index (χ4v) is 20.2. The smallest absolute Gasteiger partial charge is 0.335 e. The minimum absolute atomic E-state index is 0.0997. The third-order valence-electron chi connectivity index (χ3n) is 26.8. The van der Waals surface area contributed by atoms with Crippen LogP contribution in [0.15, 0.2) is 11.6 Å². The predicted octanol–water partition coefficient (Wildman–Crippen LogP) is -5.96. The molecule has 7 aliphatic heterocycles. The zero-order valence-corrected chi connectivity index (χ0v) is 60.4. The quantitative estimate of drug-likeness (QED) is 0.0263. The molecule has 12 aliphatic rings. The molecule has 0 spiro atoms. The molecule has 0 radical (unpaired) electrons. The predicted molar refractivity (Wildman–Crippen MR) is 347 cm³/mol. The Labute approximate surface area is 610 Å². The molecular formula is C70H110O36. The van der Waals surface area contributed by atoms with E-state index in [2.05, 4.69) is 40.7 Å². The first kappa shape index (κ1) is 82.6. The fraction of sp³-hybridized carbons (Fsp3) is 0.929. The number of fused-ring (bicyclic) bond motifs is 7. The van der Waals surface area contributed by atoms with Crippen LogP contribution in [-0.4, -0.2) is 351 Å². The van der Waals surface area contributed by atoms with Crippen LogP contribution < -0.4 is 0 Å². The lowest BCUT2D eigenvalue weighted by Crippen LogP contribution is -2.68. The maximum Gasteiger partial charge on any atom is 0.335 e. The minimum Gasteiger partial charge on any atom is -0.479 e. The van der Waals surface area contributed by atoms with Crippen molar-refractivity contribution in [2.45, 2.75) is 328 Å². The summed E-state index contributed by atoms with van der Waals surface area (Å²) >= 11 is 0. The van der Waals surface area contributed by atoms with Crippen molar-refractivity contribution >= 4 is 18.2 Å². The Balaban J connectivity index is 0.823. The zero-order valence-electron chi connectivity index (χ0n) is 60.4. The van der Waals surface area contributed by atoms with E-state index in [4.69, 9.17) is 66.3 Å². The van der Waals surface area contributed by atoms with E-state index in [1.165, 1.54) is 13.8 Å². The van der Waals surface area contributed by atoms with Gasteiger partial charge in [-0.2, -0.15) is 0 Å². The highest BCUT2D eigenvalue weighted by Crippen LogP contribution is 2.76. The average molecular weight is 1530 g/mol. The van der Waals surface area contributed by atoms with Gasteiger partial charge in [-0.25, -0.2) is 4.79 Å². The van der Waals surface area contributed by atoms with Gasteiger partial charge in [0.15, 0.2) is 49.9 Å². The fourth-order valence-electron chi connectivity index (χ4n) is 20.2. The van der Waals surface area contributed by atoms with Crippen LogP contribution in [0.4, 0.5) is 0 Å². The van der Waals surface area contributed by atoms with E-state index in [1.807, 2.05) is 0 Å². The molecule has 36 nitrogen and oxygen atoms in total. The van der Waals surface area contributed by atoms with E-state index in [9.17, 15) is 107 Å². The first-order valence-electron chi connectivity index (χ1n) is 36.9. The maximum absolute atomic E-state index is 16.1. The van der Waals surface area contributed by atoms with Crippen molar-refractivity contribution in [3.63, 3.8) is 0 Å². The molecule has 42 atom stereocenters. The summed E-state index contributed by atoms with van der Waals surface area (Å²) in [5, 5.41) is 207. The number of carboxylic acids is 1. The van der Waals surface area contributed by atoms with Crippen molar-refractivity contribution in [2.75, 3.05) is 26.4 Å². The van der Waals surface area contributed by atoms with Crippen molar-refractivity contribution in [3.8, 4) is 0 Å². The molecule has 606 valence electrons. The van der Waals surface area contributed by atoms with Crippen LogP contribution in [0.5, 0.6) is 0 Å². The Bertz CT molecular complexity index is 3100. The van der Waals surface area contributed by atoms with Crippen LogP contribution in [-0.2, 0) is 80.7 Å². The number of ether oxygens (including phenoxy) is 14. The van der Waals surface area contributed by atoms with Gasteiger partial charge in [-0.15, -0.1) is 0 Å². The van der Waals surface area contributed by atoms with Gasteiger partial charge in [0.05, 0.1) is 55.6 Å².